The van der Waals surface area contributed by atoms with E-state index in [9.17, 15) is 9.90 Å². The van der Waals surface area contributed by atoms with Gasteiger partial charge < -0.3 is 15.6 Å². The number of hydrogen-bond donors (Lipinski definition) is 3. The van der Waals surface area contributed by atoms with E-state index in [0.717, 1.165) is 5.56 Å². The van der Waals surface area contributed by atoms with Gasteiger partial charge in [-0.05, 0) is 45.7 Å². The maximum absolute atomic E-state index is 11.7. The molecule has 5 heteroatoms. The highest BCUT2D eigenvalue weighted by atomic mass is 16.6. The van der Waals surface area contributed by atoms with E-state index in [4.69, 9.17) is 10.5 Å². The molecule has 0 aromatic heterocycles. The fourth-order valence-electron chi connectivity index (χ4n) is 1.65. The highest BCUT2D eigenvalue weighted by Gasteiger charge is 2.19. The van der Waals surface area contributed by atoms with E-state index in [2.05, 4.69) is 5.32 Å². The Morgan fingerprint density at radius 3 is 2.63 bits per heavy atom. The lowest BCUT2D eigenvalue weighted by molar-refractivity contribution is 0.0635. The van der Waals surface area contributed by atoms with Gasteiger partial charge in [0.15, 0.2) is 0 Å². The van der Waals surface area contributed by atoms with Crippen LogP contribution in [0.25, 0.3) is 0 Å². The Hall–Kier alpha value is -1.75. The summed E-state index contributed by atoms with van der Waals surface area (Å²) in [6, 6.07) is 4.97. The first-order valence-electron chi connectivity index (χ1n) is 6.25. The van der Waals surface area contributed by atoms with E-state index >= 15 is 0 Å². The van der Waals surface area contributed by atoms with Crippen molar-refractivity contribution in [3.05, 3.63) is 23.8 Å². The van der Waals surface area contributed by atoms with Gasteiger partial charge in [-0.25, -0.2) is 4.79 Å². The fourth-order valence-corrected chi connectivity index (χ4v) is 1.65. The third kappa shape index (κ3) is 5.18. The number of anilines is 1. The molecule has 106 valence electrons. The van der Waals surface area contributed by atoms with Crippen molar-refractivity contribution in [1.82, 2.24) is 0 Å². The van der Waals surface area contributed by atoms with Crippen LogP contribution in [0.2, 0.25) is 0 Å². The topological polar surface area (TPSA) is 84.6 Å². The Bertz CT molecular complexity index is 450. The van der Waals surface area contributed by atoms with Crippen LogP contribution < -0.4 is 11.1 Å². The highest BCUT2D eigenvalue weighted by Crippen LogP contribution is 2.28. The van der Waals surface area contributed by atoms with Crippen molar-refractivity contribution in [2.75, 3.05) is 5.32 Å². The monoisotopic (exact) mass is 266 g/mol. The Balaban J connectivity index is 2.90. The molecule has 0 spiro atoms. The van der Waals surface area contributed by atoms with E-state index in [0.29, 0.717) is 12.1 Å². The zero-order valence-electron chi connectivity index (χ0n) is 11.9. The summed E-state index contributed by atoms with van der Waals surface area (Å²) in [6.07, 6.45) is -0.0422. The van der Waals surface area contributed by atoms with Gasteiger partial charge in [0.2, 0.25) is 0 Å². The molecular weight excluding hydrogens is 244 g/mol. The number of benzene rings is 1. The van der Waals surface area contributed by atoms with Crippen molar-refractivity contribution in [3.63, 3.8) is 0 Å². The first-order valence-corrected chi connectivity index (χ1v) is 6.25. The van der Waals surface area contributed by atoms with Crippen LogP contribution in [0.1, 0.15) is 33.3 Å². The molecule has 19 heavy (non-hydrogen) atoms. The summed E-state index contributed by atoms with van der Waals surface area (Å²) >= 11 is 0. The van der Waals surface area contributed by atoms with Crippen LogP contribution in [0.15, 0.2) is 18.2 Å². The lowest BCUT2D eigenvalue weighted by Crippen LogP contribution is -2.28. The zero-order valence-corrected chi connectivity index (χ0v) is 11.9. The molecular formula is C14H22N2O3. The second-order valence-corrected chi connectivity index (χ2v) is 5.62. The fraction of sp³-hybridized carbons (Fsp3) is 0.500. The average molecular weight is 266 g/mol. The third-order valence-corrected chi connectivity index (χ3v) is 2.30. The third-order valence-electron chi connectivity index (χ3n) is 2.30. The molecule has 1 unspecified atom stereocenters. The maximum Gasteiger partial charge on any atom is 0.412 e. The van der Waals surface area contributed by atoms with Gasteiger partial charge in [0.05, 0.1) is 5.69 Å². The van der Waals surface area contributed by atoms with Gasteiger partial charge in [-0.1, -0.05) is 12.1 Å². The standard InChI is InChI=1S/C14H22N2O3/c1-9(15)8-10-6-5-7-11(17)12(10)16-13(18)19-14(2,3)4/h5-7,9,17H,8,15H2,1-4H3,(H,16,18). The van der Waals surface area contributed by atoms with Crippen molar-refractivity contribution < 1.29 is 14.6 Å². The first-order chi connectivity index (χ1) is 8.69. The molecule has 0 bridgehead atoms. The molecule has 1 amide bonds. The lowest BCUT2D eigenvalue weighted by atomic mass is 10.0. The van der Waals surface area contributed by atoms with Gasteiger partial charge in [0.25, 0.3) is 0 Å². The number of carbonyl (C=O) groups excluding carboxylic acids is 1. The second kappa shape index (κ2) is 5.93. The first kappa shape index (κ1) is 15.3. The van der Waals surface area contributed by atoms with Crippen molar-refractivity contribution in [2.45, 2.75) is 45.8 Å². The maximum atomic E-state index is 11.7. The summed E-state index contributed by atoms with van der Waals surface area (Å²) in [5, 5.41) is 12.4. The molecule has 4 N–H and O–H groups in total. The van der Waals surface area contributed by atoms with Crippen LogP contribution in [-0.4, -0.2) is 22.8 Å². The number of amides is 1. The van der Waals surface area contributed by atoms with E-state index in [1.54, 1.807) is 26.8 Å². The minimum Gasteiger partial charge on any atom is -0.506 e. The Morgan fingerprint density at radius 1 is 1.47 bits per heavy atom. The zero-order chi connectivity index (χ0) is 14.6. The Kier molecular flexibility index (Phi) is 4.78. The SMILES string of the molecule is CC(N)Cc1cccc(O)c1NC(=O)OC(C)(C)C. The summed E-state index contributed by atoms with van der Waals surface area (Å²) in [5.74, 6) is 0.00371. The number of para-hydroxylation sites is 1. The van der Waals surface area contributed by atoms with Crippen molar-refractivity contribution in [3.8, 4) is 5.75 Å². The largest absolute Gasteiger partial charge is 0.506 e. The molecule has 1 atom stereocenters. The molecule has 0 fully saturated rings. The van der Waals surface area contributed by atoms with E-state index in [-0.39, 0.29) is 11.8 Å². The predicted molar refractivity (Wildman–Crippen MR) is 75.3 cm³/mol. The van der Waals surface area contributed by atoms with Gasteiger partial charge in [-0.3, -0.25) is 5.32 Å². The molecule has 1 aromatic carbocycles. The van der Waals surface area contributed by atoms with Crippen molar-refractivity contribution >= 4 is 11.8 Å². The molecule has 1 aromatic rings. The summed E-state index contributed by atoms with van der Waals surface area (Å²) in [4.78, 5) is 11.7. The predicted octanol–water partition coefficient (Wildman–Crippen LogP) is 2.63. The smallest absolute Gasteiger partial charge is 0.412 e. The molecule has 0 saturated carbocycles. The second-order valence-electron chi connectivity index (χ2n) is 5.62. The van der Waals surface area contributed by atoms with E-state index in [1.807, 2.05) is 13.0 Å². The number of phenolic OH excluding ortho intramolecular Hbond substituents is 1. The summed E-state index contributed by atoms with van der Waals surface area (Å²) in [5.41, 5.74) is 6.30. The molecule has 0 aliphatic carbocycles. The Morgan fingerprint density at radius 2 is 2.11 bits per heavy atom. The number of nitrogens with one attached hydrogen (secondary N) is 1. The molecule has 0 aliphatic rings. The Labute approximate surface area is 113 Å². The van der Waals surface area contributed by atoms with Gasteiger partial charge in [0, 0.05) is 6.04 Å². The van der Waals surface area contributed by atoms with Crippen LogP contribution in [0.4, 0.5) is 10.5 Å². The molecule has 0 radical (unpaired) electrons. The van der Waals surface area contributed by atoms with E-state index < -0.39 is 11.7 Å². The van der Waals surface area contributed by atoms with Crippen molar-refractivity contribution in [1.29, 1.82) is 0 Å². The number of carbonyl (C=O) groups is 1. The van der Waals surface area contributed by atoms with Crippen molar-refractivity contribution in [2.24, 2.45) is 5.73 Å². The highest BCUT2D eigenvalue weighted by molar-refractivity contribution is 5.88. The number of ether oxygens (including phenoxy) is 1. The summed E-state index contributed by atoms with van der Waals surface area (Å²) in [6.45, 7) is 7.20. The van der Waals surface area contributed by atoms with Crippen LogP contribution in [0, 0.1) is 0 Å². The number of hydrogen-bond acceptors (Lipinski definition) is 4. The van der Waals surface area contributed by atoms with Gasteiger partial charge in [-0.2, -0.15) is 0 Å². The summed E-state index contributed by atoms with van der Waals surface area (Å²) in [7, 11) is 0. The lowest BCUT2D eigenvalue weighted by Gasteiger charge is -2.21. The molecule has 0 saturated heterocycles. The van der Waals surface area contributed by atoms with E-state index in [1.165, 1.54) is 6.07 Å². The van der Waals surface area contributed by atoms with Crippen LogP contribution >= 0.6 is 0 Å². The van der Waals surface area contributed by atoms with Gasteiger partial charge in [-0.15, -0.1) is 0 Å². The quantitative estimate of drug-likeness (QED) is 0.734. The normalized spacial score (nSPS) is 12.9. The minimum absolute atomic E-state index is 0.00371. The molecule has 0 aliphatic heterocycles. The van der Waals surface area contributed by atoms with Crippen LogP contribution in [0.3, 0.4) is 0 Å². The van der Waals surface area contributed by atoms with Gasteiger partial charge in [0.1, 0.15) is 11.4 Å². The molecule has 5 nitrogen and oxygen atoms in total. The average Bonchev–Trinajstić information content (AvgIpc) is 2.19. The number of rotatable bonds is 3. The number of nitrogens with two attached hydrogens (primary N) is 1. The summed E-state index contributed by atoms with van der Waals surface area (Å²) < 4.78 is 5.16. The van der Waals surface area contributed by atoms with Crippen LogP contribution in [-0.2, 0) is 11.2 Å². The van der Waals surface area contributed by atoms with Crippen LogP contribution in [0.5, 0.6) is 5.75 Å². The molecule has 0 heterocycles. The van der Waals surface area contributed by atoms with Gasteiger partial charge >= 0.3 is 6.09 Å². The number of aromatic hydroxyl groups is 1. The number of phenols is 1. The molecule has 1 rings (SSSR count). The minimum atomic E-state index is -0.597.